The summed E-state index contributed by atoms with van der Waals surface area (Å²) in [5, 5.41) is 0.617. The summed E-state index contributed by atoms with van der Waals surface area (Å²) in [6.07, 6.45) is 1.65. The zero-order valence-corrected chi connectivity index (χ0v) is 11.4. The first-order valence-electron chi connectivity index (χ1n) is 5.70. The van der Waals surface area contributed by atoms with Crippen LogP contribution in [0.4, 0.5) is 5.82 Å². The molecule has 0 amide bonds. The summed E-state index contributed by atoms with van der Waals surface area (Å²) in [6, 6.07) is 2.29. The lowest BCUT2D eigenvalue weighted by atomic mass is 10.2. The highest BCUT2D eigenvalue weighted by atomic mass is 35.5. The quantitative estimate of drug-likeness (QED) is 0.848. The highest BCUT2D eigenvalue weighted by Crippen LogP contribution is 2.21. The summed E-state index contributed by atoms with van der Waals surface area (Å²) >= 11 is 6.00. The van der Waals surface area contributed by atoms with Crippen molar-refractivity contribution < 1.29 is 4.74 Å². The second kappa shape index (κ2) is 6.79. The number of hydrogen-bond donors (Lipinski definition) is 1. The molecular weight excluding hydrogens is 238 g/mol. The fraction of sp³-hybridized carbons (Fsp3) is 0.583. The van der Waals surface area contributed by atoms with Crippen molar-refractivity contribution in [1.29, 1.82) is 0 Å². The van der Waals surface area contributed by atoms with E-state index in [2.05, 4.69) is 23.7 Å². The zero-order valence-electron chi connectivity index (χ0n) is 10.6. The molecule has 0 radical (unpaired) electrons. The third-order valence-corrected chi connectivity index (χ3v) is 2.93. The van der Waals surface area contributed by atoms with Crippen LogP contribution in [-0.4, -0.2) is 31.3 Å². The van der Waals surface area contributed by atoms with Crippen LogP contribution in [-0.2, 0) is 11.3 Å². The number of anilines is 1. The van der Waals surface area contributed by atoms with Crippen molar-refractivity contribution >= 4 is 17.4 Å². The minimum atomic E-state index is 0.351. The molecule has 96 valence electrons. The minimum Gasteiger partial charge on any atom is -0.383 e. The highest BCUT2D eigenvalue weighted by Gasteiger charge is 2.13. The molecule has 1 aromatic heterocycles. The van der Waals surface area contributed by atoms with Gasteiger partial charge in [-0.3, -0.25) is 0 Å². The van der Waals surface area contributed by atoms with Crippen LogP contribution in [0, 0.1) is 0 Å². The molecule has 0 aromatic carbocycles. The number of ether oxygens (including phenoxy) is 1. The molecule has 1 rings (SSSR count). The van der Waals surface area contributed by atoms with E-state index >= 15 is 0 Å². The predicted octanol–water partition coefficient (Wildman–Crippen LogP) is 2.05. The van der Waals surface area contributed by atoms with Crippen LogP contribution < -0.4 is 10.6 Å². The summed E-state index contributed by atoms with van der Waals surface area (Å²) in [5.41, 5.74) is 6.56. The van der Waals surface area contributed by atoms with Crippen molar-refractivity contribution in [2.75, 3.05) is 25.2 Å². The number of nitrogens with two attached hydrogens (primary N) is 1. The van der Waals surface area contributed by atoms with Gasteiger partial charge in [0.2, 0.25) is 0 Å². The number of pyridine rings is 1. The summed E-state index contributed by atoms with van der Waals surface area (Å²) in [6.45, 7) is 6.12. The van der Waals surface area contributed by atoms with Gasteiger partial charge in [-0.1, -0.05) is 11.6 Å². The van der Waals surface area contributed by atoms with Crippen molar-refractivity contribution in [3.05, 3.63) is 22.8 Å². The van der Waals surface area contributed by atoms with E-state index < -0.39 is 0 Å². The summed E-state index contributed by atoms with van der Waals surface area (Å²) in [5.74, 6) is 0.891. The summed E-state index contributed by atoms with van der Waals surface area (Å²) in [4.78, 5) is 6.51. The first kappa shape index (κ1) is 14.2. The molecule has 0 aliphatic carbocycles. The van der Waals surface area contributed by atoms with Gasteiger partial charge >= 0.3 is 0 Å². The van der Waals surface area contributed by atoms with Gasteiger partial charge in [-0.25, -0.2) is 4.98 Å². The molecule has 0 spiro atoms. The average molecular weight is 258 g/mol. The second-order valence-electron chi connectivity index (χ2n) is 4.12. The standard InChI is InChI=1S/C12H20ClN3O/c1-9(2)16(4-5-17-3)12-6-10(7-14)11(13)8-15-12/h6,8-9H,4-5,7,14H2,1-3H3. The SMILES string of the molecule is COCCN(c1cc(CN)c(Cl)cn1)C(C)C. The third kappa shape index (κ3) is 3.84. The van der Waals surface area contributed by atoms with Crippen LogP contribution in [0.15, 0.2) is 12.3 Å². The molecule has 1 aromatic rings. The van der Waals surface area contributed by atoms with Crippen LogP contribution >= 0.6 is 11.6 Å². The first-order valence-corrected chi connectivity index (χ1v) is 6.08. The fourth-order valence-corrected chi connectivity index (χ4v) is 1.79. The number of aromatic nitrogens is 1. The molecule has 4 nitrogen and oxygen atoms in total. The van der Waals surface area contributed by atoms with E-state index in [1.165, 1.54) is 0 Å². The van der Waals surface area contributed by atoms with E-state index in [4.69, 9.17) is 22.1 Å². The number of methoxy groups -OCH3 is 1. The Kier molecular flexibility index (Phi) is 5.68. The Morgan fingerprint density at radius 3 is 2.76 bits per heavy atom. The van der Waals surface area contributed by atoms with Gasteiger partial charge in [0.1, 0.15) is 5.82 Å². The maximum Gasteiger partial charge on any atom is 0.129 e. The molecule has 0 fully saturated rings. The molecular formula is C12H20ClN3O. The molecule has 0 saturated heterocycles. The van der Waals surface area contributed by atoms with E-state index in [0.29, 0.717) is 24.2 Å². The Morgan fingerprint density at radius 1 is 1.53 bits per heavy atom. The smallest absolute Gasteiger partial charge is 0.129 e. The topological polar surface area (TPSA) is 51.4 Å². The van der Waals surface area contributed by atoms with Gasteiger partial charge in [-0.15, -0.1) is 0 Å². The number of hydrogen-bond acceptors (Lipinski definition) is 4. The Morgan fingerprint density at radius 2 is 2.24 bits per heavy atom. The van der Waals surface area contributed by atoms with Crippen LogP contribution in [0.25, 0.3) is 0 Å². The summed E-state index contributed by atoms with van der Waals surface area (Å²) in [7, 11) is 1.69. The lowest BCUT2D eigenvalue weighted by molar-refractivity contribution is 0.203. The Bertz CT molecular complexity index is 358. The minimum absolute atomic E-state index is 0.351. The van der Waals surface area contributed by atoms with Gasteiger partial charge in [-0.05, 0) is 25.5 Å². The molecule has 5 heteroatoms. The fourth-order valence-electron chi connectivity index (χ4n) is 1.61. The van der Waals surface area contributed by atoms with E-state index in [0.717, 1.165) is 17.9 Å². The van der Waals surface area contributed by atoms with E-state index in [1.807, 2.05) is 6.07 Å². The number of halogens is 1. The van der Waals surface area contributed by atoms with Crippen molar-refractivity contribution in [1.82, 2.24) is 4.98 Å². The van der Waals surface area contributed by atoms with E-state index in [1.54, 1.807) is 13.3 Å². The van der Waals surface area contributed by atoms with Crippen molar-refractivity contribution in [3.8, 4) is 0 Å². The van der Waals surface area contributed by atoms with Crippen LogP contribution in [0.1, 0.15) is 19.4 Å². The van der Waals surface area contributed by atoms with Crippen LogP contribution in [0.2, 0.25) is 5.02 Å². The van der Waals surface area contributed by atoms with Gasteiger partial charge in [-0.2, -0.15) is 0 Å². The van der Waals surface area contributed by atoms with Gasteiger partial charge < -0.3 is 15.4 Å². The lowest BCUT2D eigenvalue weighted by Gasteiger charge is -2.28. The van der Waals surface area contributed by atoms with E-state index in [9.17, 15) is 0 Å². The zero-order chi connectivity index (χ0) is 12.8. The molecule has 1 heterocycles. The summed E-state index contributed by atoms with van der Waals surface area (Å²) < 4.78 is 5.10. The number of nitrogens with zero attached hydrogens (tertiary/aromatic N) is 2. The maximum absolute atomic E-state index is 6.00. The molecule has 0 aliphatic heterocycles. The van der Waals surface area contributed by atoms with Crippen LogP contribution in [0.5, 0.6) is 0 Å². The van der Waals surface area contributed by atoms with Crippen molar-refractivity contribution in [3.63, 3.8) is 0 Å². The molecule has 0 aliphatic rings. The Hall–Kier alpha value is -0.840. The Labute approximate surface area is 108 Å². The Balaban J connectivity index is 2.93. The molecule has 17 heavy (non-hydrogen) atoms. The molecule has 0 unspecified atom stereocenters. The molecule has 2 N–H and O–H groups in total. The van der Waals surface area contributed by atoms with Crippen molar-refractivity contribution in [2.24, 2.45) is 5.73 Å². The molecule has 0 bridgehead atoms. The van der Waals surface area contributed by atoms with E-state index in [-0.39, 0.29) is 0 Å². The predicted molar refractivity (Wildman–Crippen MR) is 71.5 cm³/mol. The second-order valence-corrected chi connectivity index (χ2v) is 4.53. The highest BCUT2D eigenvalue weighted by molar-refractivity contribution is 6.31. The number of rotatable bonds is 6. The largest absolute Gasteiger partial charge is 0.383 e. The van der Waals surface area contributed by atoms with Gasteiger partial charge in [0.15, 0.2) is 0 Å². The van der Waals surface area contributed by atoms with Gasteiger partial charge in [0, 0.05) is 32.4 Å². The average Bonchev–Trinajstić information content (AvgIpc) is 2.31. The maximum atomic E-state index is 6.00. The normalized spacial score (nSPS) is 10.9. The van der Waals surface area contributed by atoms with Gasteiger partial charge in [0.25, 0.3) is 0 Å². The first-order chi connectivity index (χ1) is 8.10. The molecule has 0 atom stereocenters. The van der Waals surface area contributed by atoms with Crippen LogP contribution in [0.3, 0.4) is 0 Å². The lowest BCUT2D eigenvalue weighted by Crippen LogP contribution is -2.34. The van der Waals surface area contributed by atoms with Crippen molar-refractivity contribution in [2.45, 2.75) is 26.4 Å². The third-order valence-electron chi connectivity index (χ3n) is 2.59. The monoisotopic (exact) mass is 257 g/mol. The molecule has 0 saturated carbocycles. The van der Waals surface area contributed by atoms with Gasteiger partial charge in [0.05, 0.1) is 11.6 Å².